The van der Waals surface area contributed by atoms with Gasteiger partial charge in [-0.05, 0) is 18.2 Å². The number of rotatable bonds is 1. The Balaban J connectivity index is 2.62. The first-order chi connectivity index (χ1) is 6.16. The third-order valence-corrected chi connectivity index (χ3v) is 2.18. The molecule has 0 atom stereocenters. The molecule has 13 heavy (non-hydrogen) atoms. The maximum absolute atomic E-state index is 12.2. The molecule has 1 heterocycles. The highest BCUT2D eigenvalue weighted by molar-refractivity contribution is 9.10. The van der Waals surface area contributed by atoms with Crippen molar-refractivity contribution in [1.29, 1.82) is 0 Å². The Morgan fingerprint density at radius 2 is 2.15 bits per heavy atom. The van der Waals surface area contributed by atoms with E-state index in [2.05, 4.69) is 21.0 Å². The summed E-state index contributed by atoms with van der Waals surface area (Å²) in [5.74, 6) is 0. The lowest BCUT2D eigenvalue weighted by atomic mass is 10.3. The molecular formula is C8H5BrF2N2. The van der Waals surface area contributed by atoms with Crippen LogP contribution in [0.3, 0.4) is 0 Å². The van der Waals surface area contributed by atoms with E-state index < -0.39 is 6.55 Å². The van der Waals surface area contributed by atoms with Gasteiger partial charge in [-0.1, -0.05) is 15.9 Å². The van der Waals surface area contributed by atoms with Gasteiger partial charge in [-0.3, -0.25) is 0 Å². The summed E-state index contributed by atoms with van der Waals surface area (Å²) in [4.78, 5) is 0. The number of hydrogen-bond donors (Lipinski definition) is 0. The van der Waals surface area contributed by atoms with Crippen molar-refractivity contribution < 1.29 is 8.78 Å². The average molecular weight is 247 g/mol. The summed E-state index contributed by atoms with van der Waals surface area (Å²) in [5, 5.41) is 4.40. The smallest absolute Gasteiger partial charge is 0.210 e. The SMILES string of the molecule is FC(F)n1cc2cc(Br)ccc2n1. The zero-order valence-corrected chi connectivity index (χ0v) is 8.00. The molecule has 0 radical (unpaired) electrons. The van der Waals surface area contributed by atoms with Gasteiger partial charge < -0.3 is 0 Å². The fraction of sp³-hybridized carbons (Fsp3) is 0.125. The van der Waals surface area contributed by atoms with Crippen molar-refractivity contribution in [1.82, 2.24) is 9.78 Å². The maximum Gasteiger partial charge on any atom is 0.333 e. The fourth-order valence-electron chi connectivity index (χ4n) is 1.12. The number of halogens is 3. The molecule has 1 aromatic carbocycles. The maximum atomic E-state index is 12.2. The Morgan fingerprint density at radius 3 is 2.85 bits per heavy atom. The third-order valence-electron chi connectivity index (χ3n) is 1.68. The van der Waals surface area contributed by atoms with Crippen molar-refractivity contribution in [2.24, 2.45) is 0 Å². The molecule has 0 fully saturated rings. The number of alkyl halides is 2. The Kier molecular flexibility index (Phi) is 2.03. The van der Waals surface area contributed by atoms with Crippen LogP contribution in [0.15, 0.2) is 28.9 Å². The van der Waals surface area contributed by atoms with Gasteiger partial charge in [0.1, 0.15) is 0 Å². The van der Waals surface area contributed by atoms with Crippen LogP contribution in [0.1, 0.15) is 6.55 Å². The van der Waals surface area contributed by atoms with Gasteiger partial charge in [-0.15, -0.1) is 0 Å². The molecule has 0 bridgehead atoms. The Bertz CT molecular complexity index is 439. The highest BCUT2D eigenvalue weighted by atomic mass is 79.9. The molecule has 0 aliphatic rings. The van der Waals surface area contributed by atoms with Crippen LogP contribution in [0.2, 0.25) is 0 Å². The molecule has 0 aliphatic carbocycles. The average Bonchev–Trinajstić information content (AvgIpc) is 2.46. The topological polar surface area (TPSA) is 17.8 Å². The van der Waals surface area contributed by atoms with Crippen molar-refractivity contribution >= 4 is 26.8 Å². The van der Waals surface area contributed by atoms with Crippen LogP contribution < -0.4 is 0 Å². The summed E-state index contributed by atoms with van der Waals surface area (Å²) >= 11 is 3.25. The zero-order valence-electron chi connectivity index (χ0n) is 6.42. The van der Waals surface area contributed by atoms with Crippen LogP contribution >= 0.6 is 15.9 Å². The van der Waals surface area contributed by atoms with Gasteiger partial charge in [0, 0.05) is 16.1 Å². The molecular weight excluding hydrogens is 242 g/mol. The molecule has 0 aliphatic heterocycles. The van der Waals surface area contributed by atoms with E-state index in [1.165, 1.54) is 6.20 Å². The number of aromatic nitrogens is 2. The largest absolute Gasteiger partial charge is 0.333 e. The van der Waals surface area contributed by atoms with Gasteiger partial charge in [0.05, 0.1) is 5.52 Å². The van der Waals surface area contributed by atoms with Crippen molar-refractivity contribution in [3.05, 3.63) is 28.9 Å². The number of nitrogens with zero attached hydrogens (tertiary/aromatic N) is 2. The quantitative estimate of drug-likeness (QED) is 0.756. The fourth-order valence-corrected chi connectivity index (χ4v) is 1.49. The minimum atomic E-state index is -2.58. The van der Waals surface area contributed by atoms with E-state index in [-0.39, 0.29) is 0 Å². The Hall–Kier alpha value is -0.970. The lowest BCUT2D eigenvalue weighted by Crippen LogP contribution is -1.96. The van der Waals surface area contributed by atoms with E-state index in [0.717, 1.165) is 4.47 Å². The van der Waals surface area contributed by atoms with Gasteiger partial charge in [-0.2, -0.15) is 13.9 Å². The van der Waals surface area contributed by atoms with Crippen molar-refractivity contribution in [2.75, 3.05) is 0 Å². The molecule has 2 aromatic rings. The summed E-state index contributed by atoms with van der Waals surface area (Å²) in [6.07, 6.45) is 1.32. The molecule has 0 unspecified atom stereocenters. The lowest BCUT2D eigenvalue weighted by Gasteiger charge is -1.94. The molecule has 68 valence electrons. The molecule has 1 aromatic heterocycles. The van der Waals surface area contributed by atoms with Crippen LogP contribution in [0.4, 0.5) is 8.78 Å². The van der Waals surface area contributed by atoms with Crippen molar-refractivity contribution in [3.63, 3.8) is 0 Å². The first-order valence-electron chi connectivity index (χ1n) is 3.59. The van der Waals surface area contributed by atoms with Crippen molar-refractivity contribution in [2.45, 2.75) is 6.55 Å². The Labute approximate surface area is 81.3 Å². The first-order valence-corrected chi connectivity index (χ1v) is 4.39. The number of benzene rings is 1. The second-order valence-corrected chi connectivity index (χ2v) is 3.51. The summed E-state index contributed by atoms with van der Waals surface area (Å²) in [7, 11) is 0. The second-order valence-electron chi connectivity index (χ2n) is 2.59. The van der Waals surface area contributed by atoms with Gasteiger partial charge in [0.15, 0.2) is 0 Å². The Morgan fingerprint density at radius 1 is 1.38 bits per heavy atom. The molecule has 0 amide bonds. The monoisotopic (exact) mass is 246 g/mol. The van der Waals surface area contributed by atoms with Gasteiger partial charge in [0.25, 0.3) is 0 Å². The third kappa shape index (κ3) is 1.56. The van der Waals surface area contributed by atoms with E-state index in [4.69, 9.17) is 0 Å². The highest BCUT2D eigenvalue weighted by Gasteiger charge is 2.08. The van der Waals surface area contributed by atoms with Crippen LogP contribution in [0.5, 0.6) is 0 Å². The molecule has 5 heteroatoms. The van der Waals surface area contributed by atoms with Gasteiger partial charge in [0.2, 0.25) is 0 Å². The highest BCUT2D eigenvalue weighted by Crippen LogP contribution is 2.20. The number of fused-ring (bicyclic) bond motifs is 1. The minimum absolute atomic E-state index is 0.573. The molecule has 2 nitrogen and oxygen atoms in total. The minimum Gasteiger partial charge on any atom is -0.210 e. The van der Waals surface area contributed by atoms with Crippen LogP contribution in [-0.2, 0) is 0 Å². The van der Waals surface area contributed by atoms with Crippen LogP contribution in [-0.4, -0.2) is 9.78 Å². The second kappa shape index (κ2) is 3.06. The summed E-state index contributed by atoms with van der Waals surface area (Å²) in [6.45, 7) is -2.58. The predicted octanol–water partition coefficient (Wildman–Crippen LogP) is 3.19. The molecule has 0 spiro atoms. The van der Waals surface area contributed by atoms with Gasteiger partial charge in [-0.25, -0.2) is 4.68 Å². The molecule has 0 N–H and O–H groups in total. The van der Waals surface area contributed by atoms with Crippen LogP contribution in [0, 0.1) is 0 Å². The first kappa shape index (κ1) is 8.62. The molecule has 0 saturated heterocycles. The van der Waals surface area contributed by atoms with Crippen molar-refractivity contribution in [3.8, 4) is 0 Å². The zero-order chi connectivity index (χ0) is 9.42. The van der Waals surface area contributed by atoms with E-state index in [9.17, 15) is 8.78 Å². The molecule has 0 saturated carbocycles. The summed E-state index contributed by atoms with van der Waals surface area (Å²) in [6, 6.07) is 5.21. The van der Waals surface area contributed by atoms with E-state index >= 15 is 0 Å². The van der Waals surface area contributed by atoms with E-state index in [1.807, 2.05) is 0 Å². The summed E-state index contributed by atoms with van der Waals surface area (Å²) < 4.78 is 25.9. The number of hydrogen-bond acceptors (Lipinski definition) is 1. The predicted molar refractivity (Wildman–Crippen MR) is 48.7 cm³/mol. The normalized spacial score (nSPS) is 11.4. The standard InChI is InChI=1S/C8H5BrF2N2/c9-6-1-2-7-5(3-6)4-13(12-7)8(10)11/h1-4,8H. The van der Waals surface area contributed by atoms with E-state index in [0.29, 0.717) is 15.6 Å². The summed E-state index contributed by atoms with van der Waals surface area (Å²) in [5.41, 5.74) is 0.573. The van der Waals surface area contributed by atoms with Gasteiger partial charge >= 0.3 is 6.55 Å². The van der Waals surface area contributed by atoms with Crippen LogP contribution in [0.25, 0.3) is 10.9 Å². The molecule has 2 rings (SSSR count). The lowest BCUT2D eigenvalue weighted by molar-refractivity contribution is 0.0574. The van der Waals surface area contributed by atoms with E-state index in [1.54, 1.807) is 18.2 Å².